The summed E-state index contributed by atoms with van der Waals surface area (Å²) in [5, 5.41) is 2.21. The zero-order valence-electron chi connectivity index (χ0n) is 17.3. The molecule has 0 saturated carbocycles. The Morgan fingerprint density at radius 2 is 1.23 bits per heavy atom. The third-order valence-electron chi connectivity index (χ3n) is 5.10. The molecule has 0 N–H and O–H groups in total. The first-order valence-electron chi connectivity index (χ1n) is 10.6. The van der Waals surface area contributed by atoms with Crippen molar-refractivity contribution in [1.29, 1.82) is 0 Å². The summed E-state index contributed by atoms with van der Waals surface area (Å²) >= 11 is 0. The number of hydrogen-bond acceptors (Lipinski definition) is 7. The molecule has 7 nitrogen and oxygen atoms in total. The van der Waals surface area contributed by atoms with Crippen LogP contribution in [0.1, 0.15) is 5.69 Å². The normalized spacial score (nSPS) is 18.8. The molecule has 0 unspecified atom stereocenters. The number of nitrogens with zero attached hydrogens (tertiary/aromatic N) is 3. The van der Waals surface area contributed by atoms with E-state index in [0.717, 1.165) is 47.1 Å². The Morgan fingerprint density at radius 1 is 0.667 bits per heavy atom. The Morgan fingerprint density at radius 3 is 1.90 bits per heavy atom. The molecule has 1 saturated heterocycles. The van der Waals surface area contributed by atoms with Gasteiger partial charge in [-0.1, -0.05) is 24.3 Å². The summed E-state index contributed by atoms with van der Waals surface area (Å²) in [5.74, 6) is 0. The van der Waals surface area contributed by atoms with Gasteiger partial charge in [0.25, 0.3) is 0 Å². The second-order valence-electron chi connectivity index (χ2n) is 7.24. The minimum atomic E-state index is 0.589. The summed E-state index contributed by atoms with van der Waals surface area (Å²) in [6.45, 7) is 7.21. The number of ether oxygens (including phenoxy) is 4. The van der Waals surface area contributed by atoms with E-state index in [2.05, 4.69) is 40.2 Å². The van der Waals surface area contributed by atoms with Gasteiger partial charge in [-0.3, -0.25) is 9.88 Å². The zero-order valence-corrected chi connectivity index (χ0v) is 17.3. The van der Waals surface area contributed by atoms with Crippen LogP contribution in [0.5, 0.6) is 0 Å². The van der Waals surface area contributed by atoms with Gasteiger partial charge in [0.1, 0.15) is 0 Å². The molecule has 0 bridgehead atoms. The summed E-state index contributed by atoms with van der Waals surface area (Å²) < 4.78 is 22.4. The first kappa shape index (κ1) is 21.1. The highest BCUT2D eigenvalue weighted by atomic mass is 16.6. The molecular formula is C23H29N3O4. The van der Waals surface area contributed by atoms with Crippen molar-refractivity contribution in [3.8, 4) is 0 Å². The predicted octanol–water partition coefficient (Wildman–Crippen LogP) is 2.67. The highest BCUT2D eigenvalue weighted by molar-refractivity contribution is 6.02. The minimum absolute atomic E-state index is 0.589. The van der Waals surface area contributed by atoms with Crippen molar-refractivity contribution in [3.05, 3.63) is 48.3 Å². The monoisotopic (exact) mass is 411 g/mol. The van der Waals surface area contributed by atoms with E-state index < -0.39 is 0 Å². The summed E-state index contributed by atoms with van der Waals surface area (Å²) in [7, 11) is 0. The van der Waals surface area contributed by atoms with E-state index in [1.165, 1.54) is 0 Å². The third-order valence-corrected chi connectivity index (χ3v) is 5.10. The van der Waals surface area contributed by atoms with Crippen LogP contribution in [0.25, 0.3) is 21.8 Å². The Kier molecular flexibility index (Phi) is 7.94. The summed E-state index contributed by atoms with van der Waals surface area (Å²) in [4.78, 5) is 11.8. The standard InChI is InChI=1S/C23H29N3O4/c1-2-19-3-4-20-5-6-21(25-23(20)22(19)24-7-1)18-26-8-10-27-12-14-29-16-17-30-15-13-28-11-9-26/h1-7H,8-18H2. The molecule has 1 aliphatic heterocycles. The maximum Gasteiger partial charge on any atom is 0.0968 e. The molecule has 0 amide bonds. The van der Waals surface area contributed by atoms with Crippen molar-refractivity contribution in [2.75, 3.05) is 65.9 Å². The van der Waals surface area contributed by atoms with Gasteiger partial charge in [0, 0.05) is 36.6 Å². The molecule has 3 aromatic rings. The fourth-order valence-corrected chi connectivity index (χ4v) is 3.50. The van der Waals surface area contributed by atoms with Crippen molar-refractivity contribution in [1.82, 2.24) is 14.9 Å². The Hall–Kier alpha value is -2.16. The lowest BCUT2D eigenvalue weighted by Gasteiger charge is -2.22. The first-order valence-corrected chi connectivity index (χ1v) is 10.6. The van der Waals surface area contributed by atoms with Crippen molar-refractivity contribution in [3.63, 3.8) is 0 Å². The van der Waals surface area contributed by atoms with Crippen LogP contribution in [-0.4, -0.2) is 80.8 Å². The van der Waals surface area contributed by atoms with Crippen molar-refractivity contribution >= 4 is 21.8 Å². The molecule has 3 heterocycles. The number of rotatable bonds is 2. The third kappa shape index (κ3) is 5.93. The van der Waals surface area contributed by atoms with Crippen LogP contribution in [0, 0.1) is 0 Å². The quantitative estimate of drug-likeness (QED) is 0.601. The van der Waals surface area contributed by atoms with E-state index in [4.69, 9.17) is 23.9 Å². The Balaban J connectivity index is 1.45. The van der Waals surface area contributed by atoms with Crippen LogP contribution in [0.15, 0.2) is 42.6 Å². The smallest absolute Gasteiger partial charge is 0.0968 e. The summed E-state index contributed by atoms with van der Waals surface area (Å²) in [6.07, 6.45) is 1.82. The van der Waals surface area contributed by atoms with E-state index in [1.54, 1.807) is 0 Å². The fraction of sp³-hybridized carbons (Fsp3) is 0.478. The van der Waals surface area contributed by atoms with Gasteiger partial charge in [-0.2, -0.15) is 0 Å². The van der Waals surface area contributed by atoms with Crippen LogP contribution in [0.4, 0.5) is 0 Å². The fourth-order valence-electron chi connectivity index (χ4n) is 3.50. The molecule has 30 heavy (non-hydrogen) atoms. The van der Waals surface area contributed by atoms with Crippen LogP contribution in [0.3, 0.4) is 0 Å². The molecule has 0 atom stereocenters. The number of pyridine rings is 2. The number of benzene rings is 1. The number of aromatic nitrogens is 2. The van der Waals surface area contributed by atoms with Gasteiger partial charge >= 0.3 is 0 Å². The lowest BCUT2D eigenvalue weighted by atomic mass is 10.1. The summed E-state index contributed by atoms with van der Waals surface area (Å²) in [6, 6.07) is 12.4. The van der Waals surface area contributed by atoms with Gasteiger partial charge < -0.3 is 18.9 Å². The topological polar surface area (TPSA) is 65.9 Å². The molecule has 2 aromatic heterocycles. The molecule has 7 heteroatoms. The molecule has 1 fully saturated rings. The van der Waals surface area contributed by atoms with Gasteiger partial charge in [0.15, 0.2) is 0 Å². The van der Waals surface area contributed by atoms with Crippen molar-refractivity contribution < 1.29 is 18.9 Å². The van der Waals surface area contributed by atoms with Crippen LogP contribution in [-0.2, 0) is 25.5 Å². The highest BCUT2D eigenvalue weighted by Crippen LogP contribution is 2.22. The van der Waals surface area contributed by atoms with Gasteiger partial charge in [-0.15, -0.1) is 0 Å². The second kappa shape index (κ2) is 11.3. The van der Waals surface area contributed by atoms with E-state index in [-0.39, 0.29) is 0 Å². The highest BCUT2D eigenvalue weighted by Gasteiger charge is 2.10. The van der Waals surface area contributed by atoms with Crippen molar-refractivity contribution in [2.24, 2.45) is 0 Å². The maximum atomic E-state index is 5.73. The van der Waals surface area contributed by atoms with E-state index in [0.29, 0.717) is 52.9 Å². The lowest BCUT2D eigenvalue weighted by Crippen LogP contribution is -2.31. The molecule has 0 radical (unpaired) electrons. The molecular weight excluding hydrogens is 382 g/mol. The number of fused-ring (bicyclic) bond motifs is 3. The predicted molar refractivity (Wildman–Crippen MR) is 116 cm³/mol. The lowest BCUT2D eigenvalue weighted by molar-refractivity contribution is 0.00206. The molecule has 1 aliphatic rings. The van der Waals surface area contributed by atoms with Gasteiger partial charge in [0.05, 0.1) is 69.6 Å². The molecule has 0 spiro atoms. The number of hydrogen-bond donors (Lipinski definition) is 0. The average molecular weight is 412 g/mol. The van der Waals surface area contributed by atoms with Crippen molar-refractivity contribution in [2.45, 2.75) is 6.54 Å². The second-order valence-corrected chi connectivity index (χ2v) is 7.24. The largest absolute Gasteiger partial charge is 0.378 e. The van der Waals surface area contributed by atoms with E-state index >= 15 is 0 Å². The van der Waals surface area contributed by atoms with Gasteiger partial charge in [0.2, 0.25) is 0 Å². The Bertz CT molecular complexity index is 921. The molecule has 4 rings (SSSR count). The van der Waals surface area contributed by atoms with Gasteiger partial charge in [-0.05, 0) is 12.1 Å². The van der Waals surface area contributed by atoms with Crippen LogP contribution >= 0.6 is 0 Å². The minimum Gasteiger partial charge on any atom is -0.378 e. The van der Waals surface area contributed by atoms with Crippen LogP contribution < -0.4 is 0 Å². The summed E-state index contributed by atoms with van der Waals surface area (Å²) in [5.41, 5.74) is 2.91. The Labute approximate surface area is 176 Å². The van der Waals surface area contributed by atoms with Gasteiger partial charge in [-0.25, -0.2) is 4.98 Å². The first-order chi connectivity index (χ1) is 14.9. The molecule has 0 aliphatic carbocycles. The van der Waals surface area contributed by atoms with E-state index in [1.807, 2.05) is 12.3 Å². The SMILES string of the molecule is c1cnc2c(c1)ccc1ccc(CN3CCOCCOCCOCCOCC3)nc12. The maximum absolute atomic E-state index is 5.73. The molecule has 1 aromatic carbocycles. The van der Waals surface area contributed by atoms with Crippen LogP contribution in [0.2, 0.25) is 0 Å². The average Bonchev–Trinajstić information content (AvgIpc) is 2.79. The molecule has 160 valence electrons. The van der Waals surface area contributed by atoms with E-state index in [9.17, 15) is 0 Å². The zero-order chi connectivity index (χ0) is 20.4.